The SMILES string of the molecule is N#Cc1cccc(C(=O)NCCN2CCC(Oc3ccc(Cl)c(Cl)c3)CC2)c1. The van der Waals surface area contributed by atoms with Crippen LogP contribution in [0.4, 0.5) is 0 Å². The number of rotatable bonds is 6. The number of carbonyl (C=O) groups excluding carboxylic acids is 1. The zero-order valence-electron chi connectivity index (χ0n) is 15.3. The highest BCUT2D eigenvalue weighted by atomic mass is 35.5. The van der Waals surface area contributed by atoms with Crippen LogP contribution in [0.1, 0.15) is 28.8 Å². The molecule has 1 saturated heterocycles. The van der Waals surface area contributed by atoms with E-state index in [1.54, 1.807) is 36.4 Å². The number of halogens is 2. The molecule has 1 heterocycles. The molecular formula is C21H21Cl2N3O2. The first-order valence-electron chi connectivity index (χ1n) is 9.17. The van der Waals surface area contributed by atoms with Gasteiger partial charge in [0, 0.05) is 37.8 Å². The highest BCUT2D eigenvalue weighted by Gasteiger charge is 2.20. The molecule has 1 N–H and O–H groups in total. The van der Waals surface area contributed by atoms with Crippen LogP contribution in [0.25, 0.3) is 0 Å². The monoisotopic (exact) mass is 417 g/mol. The molecule has 5 nitrogen and oxygen atoms in total. The minimum atomic E-state index is -0.157. The van der Waals surface area contributed by atoms with Crippen LogP contribution in [0.15, 0.2) is 42.5 Å². The van der Waals surface area contributed by atoms with Gasteiger partial charge in [0.2, 0.25) is 0 Å². The maximum Gasteiger partial charge on any atom is 0.251 e. The third-order valence-electron chi connectivity index (χ3n) is 4.70. The summed E-state index contributed by atoms with van der Waals surface area (Å²) in [7, 11) is 0. The van der Waals surface area contributed by atoms with E-state index in [0.717, 1.165) is 38.2 Å². The average molecular weight is 418 g/mol. The molecule has 146 valence electrons. The van der Waals surface area contributed by atoms with Crippen molar-refractivity contribution in [2.75, 3.05) is 26.2 Å². The van der Waals surface area contributed by atoms with Crippen molar-refractivity contribution in [1.29, 1.82) is 5.26 Å². The molecule has 1 fully saturated rings. The fraction of sp³-hybridized carbons (Fsp3) is 0.333. The van der Waals surface area contributed by atoms with Crippen molar-refractivity contribution in [3.63, 3.8) is 0 Å². The Morgan fingerprint density at radius 1 is 1.18 bits per heavy atom. The normalized spacial score (nSPS) is 15.0. The van der Waals surface area contributed by atoms with E-state index in [1.807, 2.05) is 12.1 Å². The molecule has 0 bridgehead atoms. The Balaban J connectivity index is 1.39. The summed E-state index contributed by atoms with van der Waals surface area (Å²) in [5.74, 6) is 0.578. The van der Waals surface area contributed by atoms with Gasteiger partial charge in [-0.05, 0) is 43.2 Å². The number of hydrogen-bond donors (Lipinski definition) is 1. The van der Waals surface area contributed by atoms with Crippen LogP contribution in [0.3, 0.4) is 0 Å². The van der Waals surface area contributed by atoms with Crippen LogP contribution < -0.4 is 10.1 Å². The van der Waals surface area contributed by atoms with Gasteiger partial charge < -0.3 is 15.0 Å². The molecule has 0 unspecified atom stereocenters. The second-order valence-corrected chi connectivity index (χ2v) is 7.50. The van der Waals surface area contributed by atoms with Gasteiger partial charge in [-0.15, -0.1) is 0 Å². The van der Waals surface area contributed by atoms with Crippen LogP contribution in [-0.2, 0) is 0 Å². The van der Waals surface area contributed by atoms with Gasteiger partial charge in [-0.1, -0.05) is 29.3 Å². The first-order chi connectivity index (χ1) is 13.5. The first kappa shape index (κ1) is 20.5. The summed E-state index contributed by atoms with van der Waals surface area (Å²) in [5.41, 5.74) is 0.990. The highest BCUT2D eigenvalue weighted by Crippen LogP contribution is 2.28. The number of ether oxygens (including phenoxy) is 1. The summed E-state index contributed by atoms with van der Waals surface area (Å²) in [4.78, 5) is 14.5. The smallest absolute Gasteiger partial charge is 0.251 e. The van der Waals surface area contributed by atoms with E-state index >= 15 is 0 Å². The van der Waals surface area contributed by atoms with Gasteiger partial charge in [0.1, 0.15) is 11.9 Å². The second kappa shape index (κ2) is 9.79. The van der Waals surface area contributed by atoms with E-state index < -0.39 is 0 Å². The Morgan fingerprint density at radius 3 is 2.68 bits per heavy atom. The number of piperidine rings is 1. The summed E-state index contributed by atoms with van der Waals surface area (Å²) >= 11 is 12.0. The van der Waals surface area contributed by atoms with Crippen molar-refractivity contribution in [3.05, 3.63) is 63.6 Å². The maximum atomic E-state index is 12.2. The fourth-order valence-electron chi connectivity index (χ4n) is 3.15. The summed E-state index contributed by atoms with van der Waals surface area (Å²) in [6.07, 6.45) is 1.98. The molecule has 1 amide bonds. The number of amides is 1. The van der Waals surface area contributed by atoms with Gasteiger partial charge >= 0.3 is 0 Å². The molecule has 0 aliphatic carbocycles. The van der Waals surface area contributed by atoms with Crippen molar-refractivity contribution >= 4 is 29.1 Å². The van der Waals surface area contributed by atoms with Crippen molar-refractivity contribution < 1.29 is 9.53 Å². The Hall–Kier alpha value is -2.26. The van der Waals surface area contributed by atoms with Crippen LogP contribution in [-0.4, -0.2) is 43.1 Å². The highest BCUT2D eigenvalue weighted by molar-refractivity contribution is 6.42. The largest absolute Gasteiger partial charge is 0.490 e. The van der Waals surface area contributed by atoms with Crippen molar-refractivity contribution in [2.24, 2.45) is 0 Å². The van der Waals surface area contributed by atoms with E-state index in [1.165, 1.54) is 0 Å². The molecule has 0 aromatic heterocycles. The molecule has 1 aliphatic heterocycles. The first-order valence-corrected chi connectivity index (χ1v) is 9.93. The molecule has 1 aliphatic rings. The predicted molar refractivity (Wildman–Crippen MR) is 110 cm³/mol. The lowest BCUT2D eigenvalue weighted by molar-refractivity contribution is 0.0905. The van der Waals surface area contributed by atoms with Gasteiger partial charge in [0.15, 0.2) is 0 Å². The topological polar surface area (TPSA) is 65.4 Å². The standard InChI is InChI=1S/C21H21Cl2N3O2/c22-19-5-4-18(13-20(19)23)28-17-6-9-26(10-7-17)11-8-25-21(27)16-3-1-2-15(12-16)14-24/h1-5,12-13,17H,6-11H2,(H,25,27). The van der Waals surface area contributed by atoms with E-state index in [2.05, 4.69) is 10.2 Å². The van der Waals surface area contributed by atoms with Crippen molar-refractivity contribution in [1.82, 2.24) is 10.2 Å². The minimum absolute atomic E-state index is 0.150. The number of nitrogens with one attached hydrogen (secondary N) is 1. The molecule has 0 saturated carbocycles. The second-order valence-electron chi connectivity index (χ2n) is 6.68. The summed E-state index contributed by atoms with van der Waals surface area (Å²) in [5, 5.41) is 12.8. The molecule has 2 aromatic carbocycles. The molecule has 0 radical (unpaired) electrons. The number of benzene rings is 2. The van der Waals surface area contributed by atoms with Crippen molar-refractivity contribution in [2.45, 2.75) is 18.9 Å². The van der Waals surface area contributed by atoms with Crippen LogP contribution in [0.2, 0.25) is 10.0 Å². The number of carbonyl (C=O) groups is 1. The predicted octanol–water partition coefficient (Wildman–Crippen LogP) is 4.14. The maximum absolute atomic E-state index is 12.2. The van der Waals surface area contributed by atoms with Crippen LogP contribution >= 0.6 is 23.2 Å². The summed E-state index contributed by atoms with van der Waals surface area (Å²) < 4.78 is 6.00. The van der Waals surface area contributed by atoms with Gasteiger partial charge in [-0.25, -0.2) is 0 Å². The van der Waals surface area contributed by atoms with Crippen molar-refractivity contribution in [3.8, 4) is 11.8 Å². The van der Waals surface area contributed by atoms with E-state index in [-0.39, 0.29) is 12.0 Å². The minimum Gasteiger partial charge on any atom is -0.490 e. The summed E-state index contributed by atoms with van der Waals surface area (Å²) in [6.45, 7) is 3.16. The van der Waals surface area contributed by atoms with E-state index in [9.17, 15) is 4.79 Å². The molecular weight excluding hydrogens is 397 g/mol. The van der Waals surface area contributed by atoms with Crippen LogP contribution in [0.5, 0.6) is 5.75 Å². The quantitative estimate of drug-likeness (QED) is 0.766. The molecule has 0 atom stereocenters. The fourth-order valence-corrected chi connectivity index (χ4v) is 3.44. The zero-order chi connectivity index (χ0) is 19.9. The number of hydrogen-bond acceptors (Lipinski definition) is 4. The zero-order valence-corrected chi connectivity index (χ0v) is 16.8. The lowest BCUT2D eigenvalue weighted by Crippen LogP contribution is -2.42. The lowest BCUT2D eigenvalue weighted by Gasteiger charge is -2.32. The Morgan fingerprint density at radius 2 is 1.96 bits per heavy atom. The molecule has 7 heteroatoms. The number of likely N-dealkylation sites (tertiary alicyclic amines) is 1. The molecule has 0 spiro atoms. The Bertz CT molecular complexity index is 874. The van der Waals surface area contributed by atoms with E-state index in [0.29, 0.717) is 27.7 Å². The van der Waals surface area contributed by atoms with Crippen LogP contribution in [0, 0.1) is 11.3 Å². The lowest BCUT2D eigenvalue weighted by atomic mass is 10.1. The third-order valence-corrected chi connectivity index (χ3v) is 5.43. The number of nitriles is 1. The summed E-state index contributed by atoms with van der Waals surface area (Å²) in [6, 6.07) is 14.1. The Labute approximate surface area is 174 Å². The number of nitrogens with zero attached hydrogens (tertiary/aromatic N) is 2. The van der Waals surface area contributed by atoms with Gasteiger partial charge in [0.25, 0.3) is 5.91 Å². The molecule has 2 aromatic rings. The molecule has 28 heavy (non-hydrogen) atoms. The van der Waals surface area contributed by atoms with Gasteiger partial charge in [-0.2, -0.15) is 5.26 Å². The van der Waals surface area contributed by atoms with Gasteiger partial charge in [0.05, 0.1) is 21.7 Å². The average Bonchev–Trinajstić information content (AvgIpc) is 2.72. The Kier molecular flexibility index (Phi) is 7.16. The van der Waals surface area contributed by atoms with E-state index in [4.69, 9.17) is 33.2 Å². The third kappa shape index (κ3) is 5.62. The molecule has 3 rings (SSSR count). The van der Waals surface area contributed by atoms with Gasteiger partial charge in [-0.3, -0.25) is 4.79 Å².